The Morgan fingerprint density at radius 1 is 1.41 bits per heavy atom. The average molecular weight is 298 g/mol. The summed E-state index contributed by atoms with van der Waals surface area (Å²) in [6.45, 7) is 3.48. The van der Waals surface area contributed by atoms with Gasteiger partial charge in [0.25, 0.3) is 0 Å². The lowest BCUT2D eigenvalue weighted by Gasteiger charge is -2.12. The van der Waals surface area contributed by atoms with Gasteiger partial charge in [-0.25, -0.2) is 0 Å². The van der Waals surface area contributed by atoms with Crippen molar-refractivity contribution in [3.05, 3.63) is 48.3 Å². The van der Waals surface area contributed by atoms with Crippen LogP contribution in [0.3, 0.4) is 0 Å². The van der Waals surface area contributed by atoms with E-state index in [0.29, 0.717) is 11.3 Å². The van der Waals surface area contributed by atoms with Crippen LogP contribution in [-0.4, -0.2) is 29.3 Å². The zero-order chi connectivity index (χ0) is 15.6. The molecule has 22 heavy (non-hydrogen) atoms. The third-order valence-corrected chi connectivity index (χ3v) is 4.47. The lowest BCUT2D eigenvalue weighted by Crippen LogP contribution is -2.23. The number of hydrogen-bond donors (Lipinski definition) is 2. The smallest absolute Gasteiger partial charge is 0.241 e. The standard InChI is InChI=1S/C17H22N4O/c1-17(8-15(17)13-6-4-3-5-7-13)12-19-14-9-20-21(10-14)11-16(22)18-2/h3-7,9-10,15,19H,8,11-12H2,1-2H3,(H,18,22)/t15-,17-/m1/s1. The summed E-state index contributed by atoms with van der Waals surface area (Å²) in [5, 5.41) is 10.2. The van der Waals surface area contributed by atoms with Crippen LogP contribution in [0.4, 0.5) is 5.69 Å². The summed E-state index contributed by atoms with van der Waals surface area (Å²) in [5.41, 5.74) is 2.68. The highest BCUT2D eigenvalue weighted by Gasteiger charge is 2.50. The van der Waals surface area contributed by atoms with Crippen LogP contribution in [-0.2, 0) is 11.3 Å². The number of carbonyl (C=O) groups excluding carboxylic acids is 1. The van der Waals surface area contributed by atoms with Gasteiger partial charge in [-0.05, 0) is 23.3 Å². The van der Waals surface area contributed by atoms with Crippen LogP contribution in [0.15, 0.2) is 42.7 Å². The lowest BCUT2D eigenvalue weighted by molar-refractivity contribution is -0.121. The topological polar surface area (TPSA) is 59.0 Å². The molecule has 1 aromatic carbocycles. The summed E-state index contributed by atoms with van der Waals surface area (Å²) < 4.78 is 1.64. The number of rotatable bonds is 6. The van der Waals surface area contributed by atoms with Crippen molar-refractivity contribution >= 4 is 11.6 Å². The van der Waals surface area contributed by atoms with Gasteiger partial charge in [0.15, 0.2) is 0 Å². The van der Waals surface area contributed by atoms with Crippen LogP contribution >= 0.6 is 0 Å². The molecule has 1 amide bonds. The number of hydrogen-bond acceptors (Lipinski definition) is 3. The van der Waals surface area contributed by atoms with E-state index in [9.17, 15) is 4.79 Å². The minimum Gasteiger partial charge on any atom is -0.382 e. The number of nitrogens with one attached hydrogen (secondary N) is 2. The lowest BCUT2D eigenvalue weighted by atomic mass is 10.0. The predicted octanol–water partition coefficient (Wildman–Crippen LogP) is 2.23. The average Bonchev–Trinajstić information content (AvgIpc) is 3.01. The third kappa shape index (κ3) is 3.13. The maximum absolute atomic E-state index is 11.3. The maximum Gasteiger partial charge on any atom is 0.241 e. The number of anilines is 1. The van der Waals surface area contributed by atoms with Crippen LogP contribution in [0.25, 0.3) is 0 Å². The first-order valence-corrected chi connectivity index (χ1v) is 7.62. The predicted molar refractivity (Wildman–Crippen MR) is 86.7 cm³/mol. The maximum atomic E-state index is 11.3. The van der Waals surface area contributed by atoms with E-state index in [1.165, 1.54) is 12.0 Å². The van der Waals surface area contributed by atoms with Crippen molar-refractivity contribution in [2.24, 2.45) is 5.41 Å². The quantitative estimate of drug-likeness (QED) is 0.860. The molecule has 2 N–H and O–H groups in total. The summed E-state index contributed by atoms with van der Waals surface area (Å²) in [5.74, 6) is 0.579. The number of likely N-dealkylation sites (N-methyl/N-ethyl adjacent to an activating group) is 1. The van der Waals surface area contributed by atoms with E-state index < -0.39 is 0 Å². The van der Waals surface area contributed by atoms with E-state index >= 15 is 0 Å². The Kier molecular flexibility index (Phi) is 3.88. The first kappa shape index (κ1) is 14.6. The Labute approximate surface area is 130 Å². The molecule has 0 unspecified atom stereocenters. The second kappa shape index (κ2) is 5.83. The van der Waals surface area contributed by atoms with E-state index in [-0.39, 0.29) is 12.5 Å². The molecule has 116 valence electrons. The molecule has 5 nitrogen and oxygen atoms in total. The molecule has 1 saturated carbocycles. The Morgan fingerprint density at radius 2 is 2.18 bits per heavy atom. The first-order valence-electron chi connectivity index (χ1n) is 7.62. The zero-order valence-corrected chi connectivity index (χ0v) is 13.0. The molecule has 0 spiro atoms. The van der Waals surface area contributed by atoms with Gasteiger partial charge in [-0.15, -0.1) is 0 Å². The van der Waals surface area contributed by atoms with Crippen LogP contribution in [0.2, 0.25) is 0 Å². The fraction of sp³-hybridized carbons (Fsp3) is 0.412. The van der Waals surface area contributed by atoms with Crippen LogP contribution in [0, 0.1) is 5.41 Å². The SMILES string of the molecule is CNC(=O)Cn1cc(NC[C@@]2(C)C[C@@H]2c2ccccc2)cn1. The van der Waals surface area contributed by atoms with E-state index in [1.54, 1.807) is 17.9 Å². The van der Waals surface area contributed by atoms with Gasteiger partial charge >= 0.3 is 0 Å². The van der Waals surface area contributed by atoms with Crippen molar-refractivity contribution in [2.75, 3.05) is 18.9 Å². The molecule has 0 saturated heterocycles. The molecule has 1 aliphatic rings. The second-order valence-corrected chi connectivity index (χ2v) is 6.27. The Balaban J connectivity index is 1.54. The van der Waals surface area contributed by atoms with Crippen LogP contribution in [0.1, 0.15) is 24.8 Å². The molecule has 0 aliphatic heterocycles. The van der Waals surface area contributed by atoms with Crippen LogP contribution in [0.5, 0.6) is 0 Å². The Morgan fingerprint density at radius 3 is 2.91 bits per heavy atom. The van der Waals surface area contributed by atoms with Gasteiger partial charge in [0.1, 0.15) is 6.54 Å². The van der Waals surface area contributed by atoms with Crippen molar-refractivity contribution in [3.63, 3.8) is 0 Å². The summed E-state index contributed by atoms with van der Waals surface area (Å²) >= 11 is 0. The number of benzene rings is 1. The van der Waals surface area contributed by atoms with Crippen molar-refractivity contribution in [1.29, 1.82) is 0 Å². The highest BCUT2D eigenvalue weighted by atomic mass is 16.1. The molecule has 1 aliphatic carbocycles. The number of nitrogens with zero attached hydrogens (tertiary/aromatic N) is 2. The molecule has 5 heteroatoms. The molecular formula is C17H22N4O. The Hall–Kier alpha value is -2.30. The third-order valence-electron chi connectivity index (χ3n) is 4.47. The number of carbonyl (C=O) groups is 1. The minimum absolute atomic E-state index is 0.0482. The van der Waals surface area contributed by atoms with Crippen molar-refractivity contribution < 1.29 is 4.79 Å². The van der Waals surface area contributed by atoms with E-state index in [4.69, 9.17) is 0 Å². The fourth-order valence-corrected chi connectivity index (χ4v) is 2.88. The van der Waals surface area contributed by atoms with E-state index in [2.05, 4.69) is 53.0 Å². The van der Waals surface area contributed by atoms with Gasteiger partial charge in [0, 0.05) is 19.8 Å². The fourth-order valence-electron chi connectivity index (χ4n) is 2.88. The highest BCUT2D eigenvalue weighted by Crippen LogP contribution is 2.58. The van der Waals surface area contributed by atoms with Gasteiger partial charge in [0.05, 0.1) is 11.9 Å². The van der Waals surface area contributed by atoms with Gasteiger partial charge in [0.2, 0.25) is 5.91 Å². The molecule has 1 fully saturated rings. The van der Waals surface area contributed by atoms with Gasteiger partial charge in [-0.3, -0.25) is 9.48 Å². The summed E-state index contributed by atoms with van der Waals surface area (Å²) in [6.07, 6.45) is 4.85. The van der Waals surface area contributed by atoms with Crippen LogP contribution < -0.4 is 10.6 Å². The zero-order valence-electron chi connectivity index (χ0n) is 13.0. The molecule has 0 radical (unpaired) electrons. The highest BCUT2D eigenvalue weighted by molar-refractivity contribution is 5.75. The number of aromatic nitrogens is 2. The van der Waals surface area contributed by atoms with Crippen molar-refractivity contribution in [3.8, 4) is 0 Å². The summed E-state index contributed by atoms with van der Waals surface area (Å²) in [7, 11) is 1.63. The largest absolute Gasteiger partial charge is 0.382 e. The molecule has 1 aromatic heterocycles. The minimum atomic E-state index is -0.0482. The molecular weight excluding hydrogens is 276 g/mol. The molecule has 3 rings (SSSR count). The second-order valence-electron chi connectivity index (χ2n) is 6.27. The van der Waals surface area contributed by atoms with E-state index in [1.807, 2.05) is 6.20 Å². The molecule has 2 atom stereocenters. The molecule has 1 heterocycles. The van der Waals surface area contributed by atoms with E-state index in [0.717, 1.165) is 12.2 Å². The van der Waals surface area contributed by atoms with Crippen molar-refractivity contribution in [1.82, 2.24) is 15.1 Å². The normalized spacial score (nSPS) is 23.1. The van der Waals surface area contributed by atoms with Gasteiger partial charge in [-0.2, -0.15) is 5.10 Å². The summed E-state index contributed by atoms with van der Waals surface area (Å²) in [4.78, 5) is 11.3. The monoisotopic (exact) mass is 298 g/mol. The summed E-state index contributed by atoms with van der Waals surface area (Å²) in [6, 6.07) is 10.7. The van der Waals surface area contributed by atoms with Gasteiger partial charge < -0.3 is 10.6 Å². The van der Waals surface area contributed by atoms with Crippen molar-refractivity contribution in [2.45, 2.75) is 25.8 Å². The Bertz CT molecular complexity index is 652. The molecule has 0 bridgehead atoms. The first-order chi connectivity index (χ1) is 10.6. The van der Waals surface area contributed by atoms with Gasteiger partial charge in [-0.1, -0.05) is 37.3 Å². The number of amides is 1. The molecule has 2 aromatic rings.